The first-order valence-electron chi connectivity index (χ1n) is 8.72. The van der Waals surface area contributed by atoms with Crippen molar-refractivity contribution in [2.45, 2.75) is 5.41 Å². The van der Waals surface area contributed by atoms with Crippen LogP contribution in [0.15, 0.2) is 91.0 Å². The second kappa shape index (κ2) is 4.49. The third-order valence-corrected chi connectivity index (χ3v) is 5.84. The van der Waals surface area contributed by atoms with E-state index in [0.29, 0.717) is 0 Å². The van der Waals surface area contributed by atoms with Crippen LogP contribution in [0.3, 0.4) is 0 Å². The summed E-state index contributed by atoms with van der Waals surface area (Å²) in [7, 11) is 0. The van der Waals surface area contributed by atoms with Gasteiger partial charge in [-0.15, -0.1) is 0 Å². The Balaban J connectivity index is 1.89. The standard InChI is InChI=1S/C25H15/c1-5-13-21-17(9-1)18-10-2-6-14-22(18)25(21)23-15-7-3-11-19(23)20-12-4-8-16-24(20)25/h1-7,9-16H. The molecule has 0 saturated carbocycles. The molecule has 0 fully saturated rings. The van der Waals surface area contributed by atoms with Crippen LogP contribution in [0.1, 0.15) is 22.3 Å². The van der Waals surface area contributed by atoms with Crippen molar-refractivity contribution in [3.8, 4) is 22.3 Å². The molecule has 0 saturated heterocycles. The molecule has 115 valence electrons. The van der Waals surface area contributed by atoms with Crippen LogP contribution < -0.4 is 0 Å². The fourth-order valence-corrected chi connectivity index (χ4v) is 4.98. The highest BCUT2D eigenvalue weighted by Gasteiger charge is 2.51. The Kier molecular flexibility index (Phi) is 2.37. The van der Waals surface area contributed by atoms with Crippen molar-refractivity contribution in [1.82, 2.24) is 0 Å². The van der Waals surface area contributed by atoms with Crippen LogP contribution in [0.4, 0.5) is 0 Å². The molecule has 6 rings (SSSR count). The highest BCUT2D eigenvalue weighted by atomic mass is 14.5. The monoisotopic (exact) mass is 315 g/mol. The Morgan fingerprint density at radius 2 is 0.920 bits per heavy atom. The van der Waals surface area contributed by atoms with Gasteiger partial charge in [0.15, 0.2) is 0 Å². The van der Waals surface area contributed by atoms with Crippen molar-refractivity contribution < 1.29 is 0 Å². The molecule has 1 spiro atoms. The predicted octanol–water partition coefficient (Wildman–Crippen LogP) is 5.83. The van der Waals surface area contributed by atoms with Gasteiger partial charge in [-0.25, -0.2) is 0 Å². The number of hydrogen-bond donors (Lipinski definition) is 0. The van der Waals surface area contributed by atoms with E-state index in [-0.39, 0.29) is 5.41 Å². The molecular formula is C25H15. The highest BCUT2D eigenvalue weighted by Crippen LogP contribution is 2.62. The lowest BCUT2D eigenvalue weighted by molar-refractivity contribution is 0.793. The first-order valence-corrected chi connectivity index (χ1v) is 8.72. The van der Waals surface area contributed by atoms with Crippen molar-refractivity contribution in [3.05, 3.63) is 119 Å². The van der Waals surface area contributed by atoms with Gasteiger partial charge in [0.05, 0.1) is 5.41 Å². The molecule has 0 nitrogen and oxygen atoms in total. The third kappa shape index (κ3) is 1.40. The van der Waals surface area contributed by atoms with Gasteiger partial charge in [-0.05, 0) is 56.6 Å². The van der Waals surface area contributed by atoms with E-state index in [1.807, 2.05) is 6.07 Å². The number of fused-ring (bicyclic) bond motifs is 10. The van der Waals surface area contributed by atoms with Crippen molar-refractivity contribution in [3.63, 3.8) is 0 Å². The molecule has 2 aliphatic carbocycles. The lowest BCUT2D eigenvalue weighted by Crippen LogP contribution is -2.25. The summed E-state index contributed by atoms with van der Waals surface area (Å²) in [6.45, 7) is 0. The largest absolute Gasteiger partial charge is 0.0725 e. The van der Waals surface area contributed by atoms with Gasteiger partial charge in [-0.1, -0.05) is 84.9 Å². The van der Waals surface area contributed by atoms with Crippen LogP contribution in [0.5, 0.6) is 0 Å². The molecule has 0 N–H and O–H groups in total. The van der Waals surface area contributed by atoms with Gasteiger partial charge in [-0.3, -0.25) is 0 Å². The Bertz CT molecular complexity index is 962. The van der Waals surface area contributed by atoms with Crippen LogP contribution >= 0.6 is 0 Å². The van der Waals surface area contributed by atoms with Gasteiger partial charge in [-0.2, -0.15) is 0 Å². The van der Waals surface area contributed by atoms with Gasteiger partial charge in [0.25, 0.3) is 0 Å². The van der Waals surface area contributed by atoms with E-state index in [2.05, 4.69) is 91.0 Å². The number of rotatable bonds is 0. The van der Waals surface area contributed by atoms with Crippen molar-refractivity contribution >= 4 is 0 Å². The van der Waals surface area contributed by atoms with E-state index >= 15 is 0 Å². The zero-order valence-electron chi connectivity index (χ0n) is 13.7. The molecule has 25 heavy (non-hydrogen) atoms. The molecule has 0 heteroatoms. The Morgan fingerprint density at radius 3 is 1.44 bits per heavy atom. The summed E-state index contributed by atoms with van der Waals surface area (Å²) < 4.78 is 0. The van der Waals surface area contributed by atoms with Crippen LogP contribution in [0.2, 0.25) is 0 Å². The molecule has 0 aliphatic heterocycles. The zero-order chi connectivity index (χ0) is 16.4. The maximum atomic E-state index is 3.34. The van der Waals surface area contributed by atoms with E-state index < -0.39 is 0 Å². The van der Waals surface area contributed by atoms with E-state index in [9.17, 15) is 0 Å². The quantitative estimate of drug-likeness (QED) is 0.331. The number of hydrogen-bond acceptors (Lipinski definition) is 0. The first kappa shape index (κ1) is 13.2. The van der Waals surface area contributed by atoms with Crippen LogP contribution in [-0.2, 0) is 5.41 Å². The Labute approximate surface area is 147 Å². The van der Waals surface area contributed by atoms with Crippen molar-refractivity contribution in [2.24, 2.45) is 0 Å². The third-order valence-electron chi connectivity index (χ3n) is 5.84. The molecule has 0 amide bonds. The molecule has 0 unspecified atom stereocenters. The van der Waals surface area contributed by atoms with Gasteiger partial charge in [0.1, 0.15) is 0 Å². The summed E-state index contributed by atoms with van der Waals surface area (Å²) in [5.41, 5.74) is 10.7. The van der Waals surface area contributed by atoms with Crippen LogP contribution in [0, 0.1) is 6.07 Å². The maximum Gasteiger partial charge on any atom is 0.0725 e. The van der Waals surface area contributed by atoms with Crippen LogP contribution in [-0.4, -0.2) is 0 Å². The summed E-state index contributed by atoms with van der Waals surface area (Å²) in [5, 5.41) is 0. The Morgan fingerprint density at radius 1 is 0.480 bits per heavy atom. The molecule has 0 aromatic heterocycles. The maximum absolute atomic E-state index is 3.34. The summed E-state index contributed by atoms with van der Waals surface area (Å²) >= 11 is 0. The molecule has 1 radical (unpaired) electrons. The number of benzene rings is 4. The predicted molar refractivity (Wildman–Crippen MR) is 102 cm³/mol. The molecule has 4 aromatic carbocycles. The van der Waals surface area contributed by atoms with Gasteiger partial charge in [0, 0.05) is 0 Å². The second-order valence-electron chi connectivity index (χ2n) is 6.86. The topological polar surface area (TPSA) is 0 Å². The Hall–Kier alpha value is -3.12. The summed E-state index contributed by atoms with van der Waals surface area (Å²) in [4.78, 5) is 0. The van der Waals surface area contributed by atoms with E-state index in [1.54, 1.807) is 0 Å². The summed E-state index contributed by atoms with van der Waals surface area (Å²) in [5.74, 6) is 0. The molecule has 2 aliphatic rings. The van der Waals surface area contributed by atoms with Crippen molar-refractivity contribution in [2.75, 3.05) is 0 Å². The van der Waals surface area contributed by atoms with E-state index in [0.717, 1.165) is 0 Å². The van der Waals surface area contributed by atoms with E-state index in [1.165, 1.54) is 44.5 Å². The minimum atomic E-state index is -0.211. The average Bonchev–Trinajstić information content (AvgIpc) is 3.16. The highest BCUT2D eigenvalue weighted by molar-refractivity contribution is 5.94. The molecule has 4 aromatic rings. The minimum absolute atomic E-state index is 0.211. The van der Waals surface area contributed by atoms with Gasteiger partial charge in [0.2, 0.25) is 0 Å². The molecular weight excluding hydrogens is 300 g/mol. The van der Waals surface area contributed by atoms with Gasteiger partial charge < -0.3 is 0 Å². The van der Waals surface area contributed by atoms with Crippen LogP contribution in [0.25, 0.3) is 22.3 Å². The minimum Gasteiger partial charge on any atom is -0.0619 e. The smallest absolute Gasteiger partial charge is 0.0619 e. The summed E-state index contributed by atoms with van der Waals surface area (Å²) in [6.07, 6.45) is 0. The first-order chi connectivity index (χ1) is 12.4. The fourth-order valence-electron chi connectivity index (χ4n) is 4.98. The molecule has 0 atom stereocenters. The van der Waals surface area contributed by atoms with E-state index in [4.69, 9.17) is 0 Å². The second-order valence-corrected chi connectivity index (χ2v) is 6.86. The fraction of sp³-hybridized carbons (Fsp3) is 0.0400. The average molecular weight is 315 g/mol. The zero-order valence-corrected chi connectivity index (χ0v) is 13.7. The lowest BCUT2D eigenvalue weighted by Gasteiger charge is -2.30. The normalized spacial score (nSPS) is 14.7. The molecule has 0 bridgehead atoms. The SMILES string of the molecule is [c]1ccc2c(c1)C1(c3ccccc3-2)c2ccccc2-c2ccccc21. The van der Waals surface area contributed by atoms with Crippen molar-refractivity contribution in [1.29, 1.82) is 0 Å². The molecule has 0 heterocycles. The van der Waals surface area contributed by atoms with Gasteiger partial charge >= 0.3 is 0 Å². The lowest BCUT2D eigenvalue weighted by atomic mass is 9.70. The summed E-state index contributed by atoms with van der Waals surface area (Å²) in [6, 6.07) is 36.4.